The van der Waals surface area contributed by atoms with Crippen molar-refractivity contribution in [3.05, 3.63) is 35.0 Å². The van der Waals surface area contributed by atoms with Crippen molar-refractivity contribution < 1.29 is 4.74 Å². The number of nitrogens with zero attached hydrogens (tertiary/aromatic N) is 1. The normalized spacial score (nSPS) is 21.0. The van der Waals surface area contributed by atoms with Crippen LogP contribution in [-0.2, 0) is 6.42 Å². The fourth-order valence-corrected chi connectivity index (χ4v) is 2.91. The van der Waals surface area contributed by atoms with Crippen LogP contribution in [0, 0.1) is 13.8 Å². The molecule has 1 aromatic heterocycles. The fourth-order valence-electron chi connectivity index (χ4n) is 2.53. The van der Waals surface area contributed by atoms with Gasteiger partial charge in [-0.3, -0.25) is 4.98 Å². The molecule has 0 amide bonds. The molecule has 1 aromatic carbocycles. The molecular formula is C15H15BrClNO. The second-order valence-electron chi connectivity index (χ2n) is 5.29. The first kappa shape index (κ1) is 13.2. The lowest BCUT2D eigenvalue weighted by atomic mass is 10.0. The summed E-state index contributed by atoms with van der Waals surface area (Å²) in [5.41, 5.74) is 4.39. The highest BCUT2D eigenvalue weighted by molar-refractivity contribution is 9.10. The van der Waals surface area contributed by atoms with E-state index < -0.39 is 3.78 Å². The summed E-state index contributed by atoms with van der Waals surface area (Å²) < 4.78 is 5.54. The van der Waals surface area contributed by atoms with Crippen molar-refractivity contribution in [1.82, 2.24) is 4.98 Å². The zero-order chi connectivity index (χ0) is 13.8. The Labute approximate surface area is 126 Å². The predicted molar refractivity (Wildman–Crippen MR) is 82.5 cm³/mol. The third kappa shape index (κ3) is 2.23. The van der Waals surface area contributed by atoms with E-state index in [2.05, 4.69) is 40.0 Å². The van der Waals surface area contributed by atoms with Gasteiger partial charge in [-0.15, -0.1) is 11.6 Å². The third-order valence-electron chi connectivity index (χ3n) is 3.61. The van der Waals surface area contributed by atoms with Crippen LogP contribution in [0.3, 0.4) is 0 Å². The van der Waals surface area contributed by atoms with Crippen molar-refractivity contribution in [2.45, 2.75) is 37.1 Å². The van der Waals surface area contributed by atoms with Crippen LogP contribution in [0.1, 0.15) is 23.7 Å². The molecule has 1 aliphatic rings. The van der Waals surface area contributed by atoms with E-state index in [1.807, 2.05) is 19.9 Å². The third-order valence-corrected chi connectivity index (χ3v) is 4.36. The molecule has 0 spiro atoms. The molecule has 2 atom stereocenters. The van der Waals surface area contributed by atoms with Crippen LogP contribution >= 0.6 is 27.5 Å². The van der Waals surface area contributed by atoms with Crippen LogP contribution in [0.2, 0.25) is 0 Å². The van der Waals surface area contributed by atoms with Gasteiger partial charge in [0.2, 0.25) is 0 Å². The molecule has 0 unspecified atom stereocenters. The molecule has 0 saturated carbocycles. The van der Waals surface area contributed by atoms with Gasteiger partial charge in [0, 0.05) is 23.1 Å². The molecule has 19 heavy (non-hydrogen) atoms. The molecule has 3 rings (SSSR count). The number of halogens is 2. The van der Waals surface area contributed by atoms with Gasteiger partial charge in [-0.25, -0.2) is 0 Å². The number of hydrogen-bond acceptors (Lipinski definition) is 2. The molecule has 2 heterocycles. The van der Waals surface area contributed by atoms with Crippen molar-refractivity contribution >= 4 is 38.4 Å². The van der Waals surface area contributed by atoms with Gasteiger partial charge < -0.3 is 4.74 Å². The van der Waals surface area contributed by atoms with E-state index in [0.717, 1.165) is 28.8 Å². The second kappa shape index (κ2) is 4.35. The smallest absolute Gasteiger partial charge is 0.134 e. The van der Waals surface area contributed by atoms with Gasteiger partial charge in [0.1, 0.15) is 15.6 Å². The van der Waals surface area contributed by atoms with Crippen LogP contribution in [0.25, 0.3) is 10.9 Å². The number of rotatable bonds is 1. The van der Waals surface area contributed by atoms with Gasteiger partial charge in [0.15, 0.2) is 0 Å². The lowest BCUT2D eigenvalue weighted by molar-refractivity contribution is 0.225. The van der Waals surface area contributed by atoms with Crippen LogP contribution in [0.15, 0.2) is 18.2 Å². The Morgan fingerprint density at radius 3 is 2.84 bits per heavy atom. The van der Waals surface area contributed by atoms with Crippen LogP contribution < -0.4 is 4.74 Å². The molecule has 0 radical (unpaired) electrons. The minimum Gasteiger partial charge on any atom is -0.486 e. The maximum atomic E-state index is 6.34. The molecule has 0 N–H and O–H groups in total. The maximum Gasteiger partial charge on any atom is 0.134 e. The first-order valence-electron chi connectivity index (χ1n) is 6.30. The fraction of sp³-hybridized carbons (Fsp3) is 0.400. The number of aryl methyl sites for hydroxylation is 2. The average molecular weight is 341 g/mol. The molecule has 1 aliphatic heterocycles. The molecule has 0 saturated heterocycles. The summed E-state index contributed by atoms with van der Waals surface area (Å²) in [4.78, 5) is 4.67. The quantitative estimate of drug-likeness (QED) is 0.713. The van der Waals surface area contributed by atoms with Crippen molar-refractivity contribution in [3.8, 4) is 5.75 Å². The number of benzene rings is 1. The summed E-state index contributed by atoms with van der Waals surface area (Å²) in [7, 11) is 0. The minimum absolute atomic E-state index is 0.0734. The highest BCUT2D eigenvalue weighted by atomic mass is 79.9. The largest absolute Gasteiger partial charge is 0.486 e. The molecule has 0 fully saturated rings. The van der Waals surface area contributed by atoms with Crippen LogP contribution in [0.5, 0.6) is 5.75 Å². The van der Waals surface area contributed by atoms with Gasteiger partial charge in [-0.2, -0.15) is 0 Å². The SMILES string of the molecule is Cc1ccc2nc(C)c3c(c2c1)O[C@@H]([C@](C)(Cl)Br)C3. The Morgan fingerprint density at radius 2 is 2.16 bits per heavy atom. The van der Waals surface area contributed by atoms with Crippen molar-refractivity contribution in [2.24, 2.45) is 0 Å². The van der Waals surface area contributed by atoms with Crippen LogP contribution in [-0.4, -0.2) is 14.9 Å². The lowest BCUT2D eigenvalue weighted by Crippen LogP contribution is -2.31. The summed E-state index contributed by atoms with van der Waals surface area (Å²) >= 11 is 9.82. The molecule has 100 valence electrons. The predicted octanol–water partition coefficient (Wildman–Crippen LogP) is 4.51. The Bertz CT molecular complexity index is 663. The van der Waals surface area contributed by atoms with Gasteiger partial charge in [-0.05, 0) is 32.9 Å². The van der Waals surface area contributed by atoms with Crippen molar-refractivity contribution in [2.75, 3.05) is 0 Å². The average Bonchev–Trinajstić information content (AvgIpc) is 2.76. The Balaban J connectivity index is 2.20. The maximum absolute atomic E-state index is 6.34. The van der Waals surface area contributed by atoms with Crippen molar-refractivity contribution in [1.29, 1.82) is 0 Å². The number of ether oxygens (including phenoxy) is 1. The summed E-state index contributed by atoms with van der Waals surface area (Å²) in [6.45, 7) is 6.03. The molecular weight excluding hydrogens is 326 g/mol. The summed E-state index contributed by atoms with van der Waals surface area (Å²) in [6, 6.07) is 6.25. The number of fused-ring (bicyclic) bond motifs is 3. The molecule has 2 nitrogen and oxygen atoms in total. The molecule has 4 heteroatoms. The Hall–Kier alpha value is -0.800. The van der Waals surface area contributed by atoms with Gasteiger partial charge in [-0.1, -0.05) is 27.6 Å². The topological polar surface area (TPSA) is 22.1 Å². The first-order valence-corrected chi connectivity index (χ1v) is 7.47. The number of pyridine rings is 1. The van der Waals surface area contributed by atoms with E-state index in [1.165, 1.54) is 11.1 Å². The van der Waals surface area contributed by atoms with Gasteiger partial charge >= 0.3 is 0 Å². The highest BCUT2D eigenvalue weighted by Gasteiger charge is 2.38. The standard InChI is InChI=1S/C15H15BrClNO/c1-8-4-5-12-11(6-8)14-10(9(2)18-12)7-13(19-14)15(3,16)17/h4-6,13H,7H2,1-3H3/t13-,15+/m1/s1. The first-order chi connectivity index (χ1) is 8.86. The number of hydrogen-bond donors (Lipinski definition) is 0. The summed E-state index contributed by atoms with van der Waals surface area (Å²) in [5, 5.41) is 1.08. The van der Waals surface area contributed by atoms with E-state index in [1.54, 1.807) is 0 Å². The number of aromatic nitrogens is 1. The summed E-state index contributed by atoms with van der Waals surface area (Å²) in [5.74, 6) is 0.947. The monoisotopic (exact) mass is 339 g/mol. The molecule has 0 aliphatic carbocycles. The van der Waals surface area contributed by atoms with Crippen LogP contribution in [0.4, 0.5) is 0 Å². The molecule has 0 bridgehead atoms. The molecule has 2 aromatic rings. The van der Waals surface area contributed by atoms with Gasteiger partial charge in [0.25, 0.3) is 0 Å². The minimum atomic E-state index is -0.561. The lowest BCUT2D eigenvalue weighted by Gasteiger charge is -2.21. The van der Waals surface area contributed by atoms with E-state index >= 15 is 0 Å². The van der Waals surface area contributed by atoms with E-state index in [4.69, 9.17) is 16.3 Å². The zero-order valence-electron chi connectivity index (χ0n) is 11.1. The Morgan fingerprint density at radius 1 is 1.42 bits per heavy atom. The summed E-state index contributed by atoms with van der Waals surface area (Å²) in [6.07, 6.45) is 0.722. The van der Waals surface area contributed by atoms with E-state index in [9.17, 15) is 0 Å². The van der Waals surface area contributed by atoms with E-state index in [0.29, 0.717) is 0 Å². The van der Waals surface area contributed by atoms with Gasteiger partial charge in [0.05, 0.1) is 5.52 Å². The van der Waals surface area contributed by atoms with E-state index in [-0.39, 0.29) is 6.10 Å². The highest BCUT2D eigenvalue weighted by Crippen LogP contribution is 2.43. The van der Waals surface area contributed by atoms with Crippen molar-refractivity contribution in [3.63, 3.8) is 0 Å². The number of alkyl halides is 2. The second-order valence-corrected chi connectivity index (χ2v) is 8.18. The zero-order valence-corrected chi connectivity index (χ0v) is 13.5. The Kier molecular flexibility index (Phi) is 3.02.